The van der Waals surface area contributed by atoms with Gasteiger partial charge in [-0.3, -0.25) is 4.79 Å². The molecule has 1 fully saturated rings. The van der Waals surface area contributed by atoms with E-state index in [4.69, 9.17) is 11.6 Å². The van der Waals surface area contributed by atoms with Crippen LogP contribution in [-0.2, 0) is 4.79 Å². The van der Waals surface area contributed by atoms with Gasteiger partial charge in [0, 0.05) is 36.6 Å². The zero-order valence-corrected chi connectivity index (χ0v) is 12.3. The molecule has 1 aromatic carbocycles. The molecule has 0 aromatic heterocycles. The van der Waals surface area contributed by atoms with Crippen LogP contribution in [0.4, 0.5) is 0 Å². The van der Waals surface area contributed by atoms with Gasteiger partial charge in [0.1, 0.15) is 0 Å². The Morgan fingerprint density at radius 3 is 2.95 bits per heavy atom. The zero-order chi connectivity index (χ0) is 13.8. The van der Waals surface area contributed by atoms with Gasteiger partial charge in [-0.2, -0.15) is 0 Å². The highest BCUT2D eigenvalue weighted by Crippen LogP contribution is 2.23. The van der Waals surface area contributed by atoms with E-state index in [-0.39, 0.29) is 11.9 Å². The second-order valence-corrected chi connectivity index (χ2v) is 5.50. The third-order valence-electron chi connectivity index (χ3n) is 3.70. The molecule has 1 saturated heterocycles. The van der Waals surface area contributed by atoms with E-state index in [1.54, 1.807) is 0 Å². The smallest absolute Gasteiger partial charge is 0.222 e. The minimum absolute atomic E-state index is 0.204. The molecule has 1 amide bonds. The van der Waals surface area contributed by atoms with Gasteiger partial charge in [0.25, 0.3) is 0 Å². The molecule has 19 heavy (non-hydrogen) atoms. The van der Waals surface area contributed by atoms with Crippen LogP contribution in [0.2, 0.25) is 5.02 Å². The molecule has 3 nitrogen and oxygen atoms in total. The largest absolute Gasteiger partial charge is 0.341 e. The van der Waals surface area contributed by atoms with E-state index in [1.165, 1.54) is 0 Å². The minimum Gasteiger partial charge on any atom is -0.341 e. The van der Waals surface area contributed by atoms with Crippen molar-refractivity contribution < 1.29 is 4.79 Å². The van der Waals surface area contributed by atoms with Gasteiger partial charge in [-0.1, -0.05) is 36.7 Å². The molecular weight excluding hydrogens is 260 g/mol. The highest BCUT2D eigenvalue weighted by molar-refractivity contribution is 6.31. The zero-order valence-electron chi connectivity index (χ0n) is 11.5. The number of carbonyl (C=O) groups excluding carboxylic acids is 1. The van der Waals surface area contributed by atoms with Gasteiger partial charge in [-0.15, -0.1) is 0 Å². The molecule has 2 atom stereocenters. The number of hydrogen-bond acceptors (Lipinski definition) is 2. The Hall–Kier alpha value is -1.06. The van der Waals surface area contributed by atoms with Crippen LogP contribution in [0.1, 0.15) is 38.3 Å². The molecule has 0 saturated carbocycles. The lowest BCUT2D eigenvalue weighted by molar-refractivity contribution is -0.129. The Labute approximate surface area is 119 Å². The second kappa shape index (κ2) is 6.40. The number of likely N-dealkylation sites (tertiary alicyclic amines) is 1. The van der Waals surface area contributed by atoms with Crippen LogP contribution in [0.3, 0.4) is 0 Å². The van der Waals surface area contributed by atoms with E-state index in [0.29, 0.717) is 12.5 Å². The normalized spacial score (nSPS) is 20.6. The summed E-state index contributed by atoms with van der Waals surface area (Å²) in [6.07, 6.45) is 1.60. The molecular formula is C15H21ClN2O. The first-order chi connectivity index (χ1) is 9.11. The average molecular weight is 281 g/mol. The topological polar surface area (TPSA) is 32.3 Å². The van der Waals surface area contributed by atoms with E-state index in [9.17, 15) is 4.79 Å². The summed E-state index contributed by atoms with van der Waals surface area (Å²) in [5.74, 6) is 0.245. The molecule has 1 heterocycles. The summed E-state index contributed by atoms with van der Waals surface area (Å²) in [7, 11) is 0. The van der Waals surface area contributed by atoms with Gasteiger partial charge in [0.05, 0.1) is 0 Å². The van der Waals surface area contributed by atoms with Crippen molar-refractivity contribution in [3.63, 3.8) is 0 Å². The van der Waals surface area contributed by atoms with Crippen molar-refractivity contribution in [2.45, 2.75) is 38.8 Å². The first kappa shape index (κ1) is 14.4. The number of benzene rings is 1. The van der Waals surface area contributed by atoms with E-state index in [1.807, 2.05) is 36.1 Å². The van der Waals surface area contributed by atoms with Gasteiger partial charge in [0.2, 0.25) is 5.91 Å². The van der Waals surface area contributed by atoms with E-state index in [2.05, 4.69) is 12.2 Å². The molecule has 0 radical (unpaired) electrons. The fraction of sp³-hybridized carbons (Fsp3) is 0.533. The summed E-state index contributed by atoms with van der Waals surface area (Å²) in [6, 6.07) is 8.47. The number of amides is 1. The van der Waals surface area contributed by atoms with Gasteiger partial charge >= 0.3 is 0 Å². The molecule has 1 aromatic rings. The number of rotatable bonds is 4. The Bertz CT molecular complexity index is 450. The molecule has 0 bridgehead atoms. The van der Waals surface area contributed by atoms with E-state index < -0.39 is 0 Å². The molecule has 0 unspecified atom stereocenters. The van der Waals surface area contributed by atoms with Crippen molar-refractivity contribution in [3.8, 4) is 0 Å². The summed E-state index contributed by atoms with van der Waals surface area (Å²) >= 11 is 6.20. The van der Waals surface area contributed by atoms with Crippen molar-refractivity contribution in [2.24, 2.45) is 0 Å². The van der Waals surface area contributed by atoms with Crippen LogP contribution in [0.5, 0.6) is 0 Å². The fourth-order valence-corrected chi connectivity index (χ4v) is 2.92. The van der Waals surface area contributed by atoms with Crippen LogP contribution in [0.25, 0.3) is 0 Å². The number of hydrogen-bond donors (Lipinski definition) is 1. The number of nitrogens with zero attached hydrogens (tertiary/aromatic N) is 1. The van der Waals surface area contributed by atoms with Gasteiger partial charge in [-0.05, 0) is 25.0 Å². The van der Waals surface area contributed by atoms with Gasteiger partial charge in [0.15, 0.2) is 0 Å². The minimum atomic E-state index is 0.204. The molecule has 1 aliphatic heterocycles. The molecule has 0 spiro atoms. The van der Waals surface area contributed by atoms with Crippen LogP contribution >= 0.6 is 11.6 Å². The fourth-order valence-electron chi connectivity index (χ4n) is 2.62. The molecule has 1 N–H and O–H groups in total. The number of nitrogens with one attached hydrogen (secondary N) is 1. The van der Waals surface area contributed by atoms with E-state index in [0.717, 1.165) is 30.1 Å². The average Bonchev–Trinajstić information content (AvgIpc) is 2.86. The lowest BCUT2D eigenvalue weighted by Gasteiger charge is -2.21. The molecule has 104 valence electrons. The standard InChI is InChI=1S/C15H21ClN2O/c1-3-15(19)18-9-8-12(10-18)17-11(2)13-6-4-5-7-14(13)16/h4-7,11-12,17H,3,8-10H2,1-2H3/t11-,12-/m0/s1. The SMILES string of the molecule is CCC(=O)N1CC[C@H](N[C@@H](C)c2ccccc2Cl)C1. The molecule has 2 rings (SSSR count). The summed E-state index contributed by atoms with van der Waals surface area (Å²) < 4.78 is 0. The first-order valence-corrected chi connectivity index (χ1v) is 7.28. The monoisotopic (exact) mass is 280 g/mol. The van der Waals surface area contributed by atoms with Crippen molar-refractivity contribution in [1.29, 1.82) is 0 Å². The highest BCUT2D eigenvalue weighted by Gasteiger charge is 2.26. The quantitative estimate of drug-likeness (QED) is 0.920. The lowest BCUT2D eigenvalue weighted by atomic mass is 10.1. The summed E-state index contributed by atoms with van der Waals surface area (Å²) in [5, 5.41) is 4.36. The van der Waals surface area contributed by atoms with Crippen molar-refractivity contribution in [3.05, 3.63) is 34.9 Å². The summed E-state index contributed by atoms with van der Waals surface area (Å²) in [6.45, 7) is 5.70. The predicted octanol–water partition coefficient (Wildman–Crippen LogP) is 3.00. The Kier molecular flexibility index (Phi) is 4.83. The van der Waals surface area contributed by atoms with Gasteiger partial charge in [-0.25, -0.2) is 0 Å². The Morgan fingerprint density at radius 2 is 2.26 bits per heavy atom. The van der Waals surface area contributed by atoms with Crippen molar-refractivity contribution in [1.82, 2.24) is 10.2 Å². The van der Waals surface area contributed by atoms with Gasteiger partial charge < -0.3 is 10.2 Å². The van der Waals surface area contributed by atoms with Crippen LogP contribution in [0.15, 0.2) is 24.3 Å². The number of carbonyl (C=O) groups is 1. The summed E-state index contributed by atoms with van der Waals surface area (Å²) in [5.41, 5.74) is 1.12. The first-order valence-electron chi connectivity index (χ1n) is 6.90. The van der Waals surface area contributed by atoms with Crippen LogP contribution < -0.4 is 5.32 Å². The Balaban J connectivity index is 1.92. The summed E-state index contributed by atoms with van der Waals surface area (Å²) in [4.78, 5) is 13.6. The highest BCUT2D eigenvalue weighted by atomic mass is 35.5. The van der Waals surface area contributed by atoms with Crippen molar-refractivity contribution in [2.75, 3.05) is 13.1 Å². The predicted molar refractivity (Wildman–Crippen MR) is 78.3 cm³/mol. The van der Waals surface area contributed by atoms with Crippen molar-refractivity contribution >= 4 is 17.5 Å². The molecule has 0 aliphatic carbocycles. The third kappa shape index (κ3) is 3.48. The third-order valence-corrected chi connectivity index (χ3v) is 4.05. The van der Waals surface area contributed by atoms with E-state index >= 15 is 0 Å². The second-order valence-electron chi connectivity index (χ2n) is 5.09. The number of halogens is 1. The maximum atomic E-state index is 11.6. The maximum absolute atomic E-state index is 11.6. The van der Waals surface area contributed by atoms with Crippen LogP contribution in [-0.4, -0.2) is 29.9 Å². The molecule has 4 heteroatoms. The lowest BCUT2D eigenvalue weighted by Crippen LogP contribution is -2.36. The van der Waals surface area contributed by atoms with Crippen LogP contribution in [0, 0.1) is 0 Å². The maximum Gasteiger partial charge on any atom is 0.222 e. The Morgan fingerprint density at radius 1 is 1.53 bits per heavy atom. The molecule has 1 aliphatic rings.